The van der Waals surface area contributed by atoms with Crippen molar-refractivity contribution in [2.75, 3.05) is 0 Å². The molecule has 0 aromatic heterocycles. The van der Waals surface area contributed by atoms with Gasteiger partial charge in [-0.15, -0.1) is 0 Å². The van der Waals surface area contributed by atoms with E-state index in [-0.39, 0.29) is 11.9 Å². The molecule has 0 fully saturated rings. The highest BCUT2D eigenvalue weighted by Gasteiger charge is 2.21. The average Bonchev–Trinajstić information content (AvgIpc) is 2.72. The van der Waals surface area contributed by atoms with Crippen LogP contribution in [0.25, 0.3) is 10.8 Å². The quantitative estimate of drug-likeness (QED) is 0.618. The van der Waals surface area contributed by atoms with Crippen LogP contribution in [0.1, 0.15) is 36.2 Å². The van der Waals surface area contributed by atoms with E-state index in [0.717, 1.165) is 23.6 Å². The topological polar surface area (TPSA) is 55.4 Å². The second-order valence-electron chi connectivity index (χ2n) is 7.01. The molecule has 1 N–H and O–H groups in total. The number of esters is 1. The number of benzene rings is 3. The van der Waals surface area contributed by atoms with Crippen LogP contribution in [0.5, 0.6) is 0 Å². The number of amides is 1. The number of nitrogens with one attached hydrogen (secondary N) is 1. The van der Waals surface area contributed by atoms with Crippen molar-refractivity contribution in [2.45, 2.75) is 38.8 Å². The second kappa shape index (κ2) is 9.18. The van der Waals surface area contributed by atoms with Crippen molar-refractivity contribution in [3.8, 4) is 0 Å². The van der Waals surface area contributed by atoms with Crippen LogP contribution in [0, 0.1) is 0 Å². The zero-order valence-corrected chi connectivity index (χ0v) is 16.2. The first kappa shape index (κ1) is 19.6. The van der Waals surface area contributed by atoms with E-state index in [9.17, 15) is 9.59 Å². The standard InChI is InChI=1S/C24H25NO3/c1-17(15-16-19-9-4-3-5-10-19)25-23(26)18(2)28-24(27)22-14-8-12-20-11-6-7-13-21(20)22/h3-14,17-18H,15-16H2,1-2H3,(H,25,26)/t17-,18-/m1/s1. The van der Waals surface area contributed by atoms with Gasteiger partial charge in [0.25, 0.3) is 5.91 Å². The van der Waals surface area contributed by atoms with Crippen molar-refractivity contribution < 1.29 is 14.3 Å². The first-order valence-electron chi connectivity index (χ1n) is 9.57. The Bertz CT molecular complexity index is 947. The maximum atomic E-state index is 12.6. The Hall–Kier alpha value is -3.14. The Labute approximate surface area is 165 Å². The zero-order chi connectivity index (χ0) is 19.9. The highest BCUT2D eigenvalue weighted by Crippen LogP contribution is 2.19. The van der Waals surface area contributed by atoms with Crippen molar-refractivity contribution in [1.29, 1.82) is 0 Å². The predicted molar refractivity (Wildman–Crippen MR) is 111 cm³/mol. The minimum absolute atomic E-state index is 0.00795. The van der Waals surface area contributed by atoms with Gasteiger partial charge in [-0.25, -0.2) is 4.79 Å². The largest absolute Gasteiger partial charge is 0.449 e. The molecule has 0 aliphatic rings. The molecular formula is C24H25NO3. The third kappa shape index (κ3) is 4.97. The summed E-state index contributed by atoms with van der Waals surface area (Å²) in [7, 11) is 0. The fourth-order valence-corrected chi connectivity index (χ4v) is 3.14. The number of hydrogen-bond acceptors (Lipinski definition) is 3. The van der Waals surface area contributed by atoms with Gasteiger partial charge in [0.15, 0.2) is 6.10 Å². The van der Waals surface area contributed by atoms with Gasteiger partial charge in [0.1, 0.15) is 0 Å². The first-order chi connectivity index (χ1) is 13.5. The van der Waals surface area contributed by atoms with Gasteiger partial charge in [0, 0.05) is 6.04 Å². The van der Waals surface area contributed by atoms with Crippen LogP contribution >= 0.6 is 0 Å². The van der Waals surface area contributed by atoms with E-state index in [2.05, 4.69) is 17.4 Å². The molecule has 3 aromatic carbocycles. The number of carbonyl (C=O) groups is 2. The van der Waals surface area contributed by atoms with E-state index in [1.165, 1.54) is 5.56 Å². The van der Waals surface area contributed by atoms with Gasteiger partial charge in [0.2, 0.25) is 0 Å². The lowest BCUT2D eigenvalue weighted by Gasteiger charge is -2.18. The molecule has 144 valence electrons. The van der Waals surface area contributed by atoms with Gasteiger partial charge >= 0.3 is 5.97 Å². The molecule has 1 amide bonds. The monoisotopic (exact) mass is 375 g/mol. The third-order valence-corrected chi connectivity index (χ3v) is 4.76. The fourth-order valence-electron chi connectivity index (χ4n) is 3.14. The Balaban J connectivity index is 1.55. The summed E-state index contributed by atoms with van der Waals surface area (Å²) in [5.74, 6) is -0.773. The zero-order valence-electron chi connectivity index (χ0n) is 16.2. The van der Waals surface area contributed by atoms with E-state index in [1.54, 1.807) is 13.0 Å². The van der Waals surface area contributed by atoms with Crippen LogP contribution in [-0.4, -0.2) is 24.0 Å². The number of aryl methyl sites for hydroxylation is 1. The lowest BCUT2D eigenvalue weighted by Crippen LogP contribution is -2.41. The Kier molecular flexibility index (Phi) is 6.43. The molecule has 3 rings (SSSR count). The van der Waals surface area contributed by atoms with Crippen LogP contribution in [-0.2, 0) is 16.0 Å². The summed E-state index contributed by atoms with van der Waals surface area (Å²) in [5, 5.41) is 4.71. The maximum Gasteiger partial charge on any atom is 0.339 e. The Morgan fingerprint density at radius 1 is 0.893 bits per heavy atom. The van der Waals surface area contributed by atoms with Gasteiger partial charge in [-0.05, 0) is 49.1 Å². The molecule has 0 unspecified atom stereocenters. The summed E-state index contributed by atoms with van der Waals surface area (Å²) in [5.41, 5.74) is 1.70. The van der Waals surface area contributed by atoms with E-state index in [0.29, 0.717) is 5.56 Å². The van der Waals surface area contributed by atoms with Crippen LogP contribution in [0.2, 0.25) is 0 Å². The van der Waals surface area contributed by atoms with Crippen LogP contribution in [0.4, 0.5) is 0 Å². The summed E-state index contributed by atoms with van der Waals surface area (Å²) in [6.07, 6.45) is 0.845. The molecule has 2 atom stereocenters. The molecule has 0 radical (unpaired) electrons. The average molecular weight is 375 g/mol. The van der Waals surface area contributed by atoms with E-state index in [1.807, 2.05) is 61.5 Å². The number of carbonyl (C=O) groups excluding carboxylic acids is 2. The molecular weight excluding hydrogens is 350 g/mol. The molecule has 0 saturated heterocycles. The van der Waals surface area contributed by atoms with Gasteiger partial charge < -0.3 is 10.1 Å². The van der Waals surface area contributed by atoms with Crippen molar-refractivity contribution >= 4 is 22.6 Å². The molecule has 0 bridgehead atoms. The molecule has 4 nitrogen and oxygen atoms in total. The molecule has 0 saturated carbocycles. The Morgan fingerprint density at radius 2 is 1.57 bits per heavy atom. The van der Waals surface area contributed by atoms with Crippen LogP contribution < -0.4 is 5.32 Å². The Morgan fingerprint density at radius 3 is 2.36 bits per heavy atom. The first-order valence-corrected chi connectivity index (χ1v) is 9.57. The minimum Gasteiger partial charge on any atom is -0.449 e. The molecule has 0 spiro atoms. The molecule has 4 heteroatoms. The molecule has 3 aromatic rings. The normalized spacial score (nSPS) is 12.9. The minimum atomic E-state index is -0.856. The van der Waals surface area contributed by atoms with Crippen molar-refractivity contribution in [1.82, 2.24) is 5.32 Å². The number of hydrogen-bond donors (Lipinski definition) is 1. The van der Waals surface area contributed by atoms with Crippen molar-refractivity contribution in [3.63, 3.8) is 0 Å². The fraction of sp³-hybridized carbons (Fsp3) is 0.250. The smallest absolute Gasteiger partial charge is 0.339 e. The van der Waals surface area contributed by atoms with E-state index >= 15 is 0 Å². The second-order valence-corrected chi connectivity index (χ2v) is 7.01. The number of ether oxygens (including phenoxy) is 1. The highest BCUT2D eigenvalue weighted by molar-refractivity contribution is 6.05. The van der Waals surface area contributed by atoms with Crippen LogP contribution in [0.3, 0.4) is 0 Å². The SMILES string of the molecule is C[C@H](CCc1ccccc1)NC(=O)[C@@H](C)OC(=O)c1cccc2ccccc12. The van der Waals surface area contributed by atoms with Crippen LogP contribution in [0.15, 0.2) is 72.8 Å². The molecule has 0 heterocycles. The van der Waals surface area contributed by atoms with Gasteiger partial charge in [-0.3, -0.25) is 4.79 Å². The molecule has 28 heavy (non-hydrogen) atoms. The van der Waals surface area contributed by atoms with Crippen molar-refractivity contribution in [3.05, 3.63) is 83.9 Å². The molecule has 0 aliphatic heterocycles. The number of fused-ring (bicyclic) bond motifs is 1. The lowest BCUT2D eigenvalue weighted by atomic mass is 10.0. The summed E-state index contributed by atoms with van der Waals surface area (Å²) in [4.78, 5) is 25.0. The van der Waals surface area contributed by atoms with E-state index in [4.69, 9.17) is 4.74 Å². The van der Waals surface area contributed by atoms with Gasteiger partial charge in [-0.1, -0.05) is 66.7 Å². The third-order valence-electron chi connectivity index (χ3n) is 4.76. The summed E-state index contributed by atoms with van der Waals surface area (Å²) < 4.78 is 5.42. The lowest BCUT2D eigenvalue weighted by molar-refractivity contribution is -0.129. The van der Waals surface area contributed by atoms with Gasteiger partial charge in [0.05, 0.1) is 5.56 Å². The maximum absolute atomic E-state index is 12.6. The highest BCUT2D eigenvalue weighted by atomic mass is 16.5. The van der Waals surface area contributed by atoms with E-state index < -0.39 is 12.1 Å². The molecule has 0 aliphatic carbocycles. The summed E-state index contributed by atoms with van der Waals surface area (Å²) >= 11 is 0. The van der Waals surface area contributed by atoms with Crippen molar-refractivity contribution in [2.24, 2.45) is 0 Å². The number of rotatable bonds is 7. The summed E-state index contributed by atoms with van der Waals surface area (Å²) in [6.45, 7) is 3.56. The summed E-state index contributed by atoms with van der Waals surface area (Å²) in [6, 6.07) is 23.2. The van der Waals surface area contributed by atoms with Gasteiger partial charge in [-0.2, -0.15) is 0 Å². The predicted octanol–water partition coefficient (Wildman–Crippen LogP) is 4.52.